The normalized spacial score (nSPS) is 17.1. The number of likely N-dealkylation sites (tertiary alicyclic amines) is 1. The summed E-state index contributed by atoms with van der Waals surface area (Å²) in [6, 6.07) is 7.14. The molecule has 0 aromatic heterocycles. The van der Waals surface area contributed by atoms with E-state index in [1.807, 2.05) is 18.7 Å². The smallest absolute Gasteiger partial charge is 0.253 e. The van der Waals surface area contributed by atoms with Gasteiger partial charge in [-0.1, -0.05) is 13.8 Å². The van der Waals surface area contributed by atoms with E-state index in [0.29, 0.717) is 17.0 Å². The van der Waals surface area contributed by atoms with Gasteiger partial charge >= 0.3 is 0 Å². The Hall–Kier alpha value is -1.84. The second-order valence-electron chi connectivity index (χ2n) is 6.33. The number of carbonyl (C=O) groups is 2. The topological polar surface area (TPSA) is 49.4 Å². The van der Waals surface area contributed by atoms with Crippen molar-refractivity contribution in [2.75, 3.05) is 13.1 Å². The zero-order chi connectivity index (χ0) is 16.1. The maximum Gasteiger partial charge on any atom is 0.253 e. The number of piperidine rings is 1. The van der Waals surface area contributed by atoms with Crippen LogP contribution in [0.5, 0.6) is 0 Å². The van der Waals surface area contributed by atoms with Crippen LogP contribution < -0.4 is 5.32 Å². The highest BCUT2D eigenvalue weighted by Gasteiger charge is 2.21. The van der Waals surface area contributed by atoms with E-state index in [2.05, 4.69) is 12.2 Å². The first-order chi connectivity index (χ1) is 10.5. The van der Waals surface area contributed by atoms with Crippen LogP contribution >= 0.6 is 0 Å². The first kappa shape index (κ1) is 16.5. The standard InChI is InChI=1S/C18H26N2O2/c1-4-14(3)19-17(21)15-5-7-16(8-6-15)18(22)20-11-9-13(2)10-12-20/h5-8,13-14H,4,9-12H2,1-3H3,(H,19,21). The average molecular weight is 302 g/mol. The molecule has 4 heteroatoms. The third kappa shape index (κ3) is 4.09. The van der Waals surface area contributed by atoms with E-state index in [0.717, 1.165) is 32.4 Å². The first-order valence-corrected chi connectivity index (χ1v) is 8.21. The summed E-state index contributed by atoms with van der Waals surface area (Å²) in [6.07, 6.45) is 3.04. The lowest BCUT2D eigenvalue weighted by molar-refractivity contribution is 0.0696. The number of carbonyl (C=O) groups excluding carboxylic acids is 2. The summed E-state index contributed by atoms with van der Waals surface area (Å²) in [5, 5.41) is 2.93. The van der Waals surface area contributed by atoms with Crippen molar-refractivity contribution in [1.29, 1.82) is 0 Å². The van der Waals surface area contributed by atoms with Gasteiger partial charge in [-0.3, -0.25) is 9.59 Å². The molecule has 1 heterocycles. The molecule has 1 fully saturated rings. The molecule has 1 aliphatic heterocycles. The summed E-state index contributed by atoms with van der Waals surface area (Å²) >= 11 is 0. The molecule has 0 spiro atoms. The SMILES string of the molecule is CCC(C)NC(=O)c1ccc(C(=O)N2CCC(C)CC2)cc1. The maximum atomic E-state index is 12.4. The van der Waals surface area contributed by atoms with E-state index in [-0.39, 0.29) is 17.9 Å². The van der Waals surface area contributed by atoms with Crippen LogP contribution in [0.1, 0.15) is 60.7 Å². The Morgan fingerprint density at radius 3 is 2.27 bits per heavy atom. The fourth-order valence-corrected chi connectivity index (χ4v) is 2.57. The Morgan fingerprint density at radius 2 is 1.73 bits per heavy atom. The second kappa shape index (κ2) is 7.43. The van der Waals surface area contributed by atoms with Gasteiger partial charge in [-0.2, -0.15) is 0 Å². The first-order valence-electron chi connectivity index (χ1n) is 8.21. The van der Waals surface area contributed by atoms with Crippen LogP contribution in [0.2, 0.25) is 0 Å². The van der Waals surface area contributed by atoms with Crippen molar-refractivity contribution in [3.63, 3.8) is 0 Å². The minimum Gasteiger partial charge on any atom is -0.350 e. The van der Waals surface area contributed by atoms with Gasteiger partial charge in [0.15, 0.2) is 0 Å². The highest BCUT2D eigenvalue weighted by atomic mass is 16.2. The molecular weight excluding hydrogens is 276 g/mol. The summed E-state index contributed by atoms with van der Waals surface area (Å²) in [7, 11) is 0. The number of amides is 2. The van der Waals surface area contributed by atoms with Crippen LogP contribution in [0.25, 0.3) is 0 Å². The van der Waals surface area contributed by atoms with Crippen molar-refractivity contribution in [2.24, 2.45) is 5.92 Å². The van der Waals surface area contributed by atoms with Gasteiger partial charge in [-0.05, 0) is 56.4 Å². The lowest BCUT2D eigenvalue weighted by Crippen LogP contribution is -2.38. The van der Waals surface area contributed by atoms with Crippen LogP contribution in [0.3, 0.4) is 0 Å². The summed E-state index contributed by atoms with van der Waals surface area (Å²) in [4.78, 5) is 26.4. The Kier molecular flexibility index (Phi) is 5.58. The lowest BCUT2D eigenvalue weighted by Gasteiger charge is -2.30. The minimum atomic E-state index is -0.0832. The molecule has 0 bridgehead atoms. The minimum absolute atomic E-state index is 0.0702. The van der Waals surface area contributed by atoms with Crippen molar-refractivity contribution in [2.45, 2.75) is 46.1 Å². The van der Waals surface area contributed by atoms with Crippen LogP contribution in [0, 0.1) is 5.92 Å². The Morgan fingerprint density at radius 1 is 1.18 bits per heavy atom. The third-order valence-electron chi connectivity index (χ3n) is 4.45. The van der Waals surface area contributed by atoms with Gasteiger partial charge < -0.3 is 10.2 Å². The van der Waals surface area contributed by atoms with Gasteiger partial charge in [0.2, 0.25) is 0 Å². The number of rotatable bonds is 4. The molecule has 2 amide bonds. The van der Waals surface area contributed by atoms with Crippen LogP contribution in [0.15, 0.2) is 24.3 Å². The molecule has 1 N–H and O–H groups in total. The Bertz CT molecular complexity index is 516. The lowest BCUT2D eigenvalue weighted by atomic mass is 9.98. The van der Waals surface area contributed by atoms with E-state index in [4.69, 9.17) is 0 Å². The molecule has 2 rings (SSSR count). The van der Waals surface area contributed by atoms with Gasteiger partial charge in [-0.15, -0.1) is 0 Å². The highest BCUT2D eigenvalue weighted by molar-refractivity contribution is 5.97. The Labute approximate surface area is 132 Å². The molecule has 1 aromatic rings. The van der Waals surface area contributed by atoms with Crippen molar-refractivity contribution in [3.8, 4) is 0 Å². The maximum absolute atomic E-state index is 12.4. The number of benzene rings is 1. The van der Waals surface area contributed by atoms with Gasteiger partial charge in [-0.25, -0.2) is 0 Å². The molecule has 0 radical (unpaired) electrons. The van der Waals surface area contributed by atoms with Crippen LogP contribution in [-0.4, -0.2) is 35.8 Å². The third-order valence-corrected chi connectivity index (χ3v) is 4.45. The van der Waals surface area contributed by atoms with E-state index < -0.39 is 0 Å². The molecule has 0 saturated carbocycles. The largest absolute Gasteiger partial charge is 0.350 e. The summed E-state index contributed by atoms with van der Waals surface area (Å²) in [5.41, 5.74) is 1.26. The average Bonchev–Trinajstić information content (AvgIpc) is 2.55. The number of hydrogen-bond donors (Lipinski definition) is 1. The van der Waals surface area contributed by atoms with E-state index in [9.17, 15) is 9.59 Å². The van der Waals surface area contributed by atoms with Crippen LogP contribution in [0.4, 0.5) is 0 Å². The highest BCUT2D eigenvalue weighted by Crippen LogP contribution is 2.18. The van der Waals surface area contributed by atoms with Gasteiger partial charge in [0.25, 0.3) is 11.8 Å². The zero-order valence-electron chi connectivity index (χ0n) is 13.8. The van der Waals surface area contributed by atoms with Gasteiger partial charge in [0.05, 0.1) is 0 Å². The summed E-state index contributed by atoms with van der Waals surface area (Å²) < 4.78 is 0. The van der Waals surface area contributed by atoms with Gasteiger partial charge in [0, 0.05) is 30.3 Å². The molecule has 4 nitrogen and oxygen atoms in total. The molecule has 1 aromatic carbocycles. The van der Waals surface area contributed by atoms with Crippen molar-refractivity contribution < 1.29 is 9.59 Å². The summed E-state index contributed by atoms with van der Waals surface area (Å²) in [6.45, 7) is 7.90. The quantitative estimate of drug-likeness (QED) is 0.929. The fraction of sp³-hybridized carbons (Fsp3) is 0.556. The van der Waals surface area contributed by atoms with Crippen LogP contribution in [-0.2, 0) is 0 Å². The van der Waals surface area contributed by atoms with E-state index in [1.54, 1.807) is 24.3 Å². The van der Waals surface area contributed by atoms with E-state index >= 15 is 0 Å². The molecule has 1 saturated heterocycles. The monoisotopic (exact) mass is 302 g/mol. The van der Waals surface area contributed by atoms with Crippen molar-refractivity contribution >= 4 is 11.8 Å². The predicted octanol–water partition coefficient (Wildman–Crippen LogP) is 3.09. The van der Waals surface area contributed by atoms with E-state index in [1.165, 1.54) is 0 Å². The number of hydrogen-bond acceptors (Lipinski definition) is 2. The van der Waals surface area contributed by atoms with Gasteiger partial charge in [0.1, 0.15) is 0 Å². The van der Waals surface area contributed by atoms with Crippen molar-refractivity contribution in [3.05, 3.63) is 35.4 Å². The molecule has 1 atom stereocenters. The molecular formula is C18H26N2O2. The molecule has 1 aliphatic rings. The number of nitrogens with one attached hydrogen (secondary N) is 1. The zero-order valence-corrected chi connectivity index (χ0v) is 13.8. The molecule has 0 aliphatic carbocycles. The summed E-state index contributed by atoms with van der Waals surface area (Å²) in [5.74, 6) is 0.691. The molecule has 120 valence electrons. The Balaban J connectivity index is 1.99. The number of nitrogens with zero attached hydrogens (tertiary/aromatic N) is 1. The van der Waals surface area contributed by atoms with Crippen molar-refractivity contribution in [1.82, 2.24) is 10.2 Å². The molecule has 22 heavy (non-hydrogen) atoms. The fourth-order valence-electron chi connectivity index (χ4n) is 2.57. The second-order valence-corrected chi connectivity index (χ2v) is 6.33. The predicted molar refractivity (Wildman–Crippen MR) is 88.0 cm³/mol. The molecule has 1 unspecified atom stereocenters.